The molecule has 2 N–H and O–H groups in total. The third-order valence-electron chi connectivity index (χ3n) is 2.67. The van der Waals surface area contributed by atoms with E-state index in [9.17, 15) is 0 Å². The van der Waals surface area contributed by atoms with Crippen LogP contribution < -0.4 is 5.73 Å². The third-order valence-corrected chi connectivity index (χ3v) is 3.74. The lowest BCUT2D eigenvalue weighted by molar-refractivity contribution is 0.832. The van der Waals surface area contributed by atoms with Crippen LogP contribution in [-0.2, 0) is 0 Å². The van der Waals surface area contributed by atoms with Gasteiger partial charge in [-0.1, -0.05) is 41.5 Å². The molecule has 3 nitrogen and oxygen atoms in total. The maximum atomic E-state index is 6.14. The van der Waals surface area contributed by atoms with Gasteiger partial charge in [-0.2, -0.15) is 5.10 Å². The smallest absolute Gasteiger partial charge is 0.107 e. The molecule has 0 radical (unpaired) electrons. The fourth-order valence-corrected chi connectivity index (χ4v) is 2.45. The van der Waals surface area contributed by atoms with Crippen molar-refractivity contribution < 1.29 is 0 Å². The molecule has 1 aromatic heterocycles. The number of aryl methyl sites for hydroxylation is 1. The van der Waals surface area contributed by atoms with Crippen LogP contribution in [0.3, 0.4) is 0 Å². The molecule has 0 saturated heterocycles. The van der Waals surface area contributed by atoms with Crippen LogP contribution in [0.2, 0.25) is 10.0 Å². The van der Waals surface area contributed by atoms with Crippen LogP contribution in [0.1, 0.15) is 17.0 Å². The summed E-state index contributed by atoms with van der Waals surface area (Å²) in [6, 6.07) is 5.42. The van der Waals surface area contributed by atoms with Crippen molar-refractivity contribution in [2.45, 2.75) is 13.8 Å². The molecule has 0 bridgehead atoms. The Balaban J connectivity index is 2.75. The maximum Gasteiger partial charge on any atom is 0.107 e. The molecule has 6 heteroatoms. The SMILES string of the molecule is Cc1nn(-c2cccc(Cl)c2C(N)=S)c(C)c1Cl. The van der Waals surface area contributed by atoms with Crippen LogP contribution in [0.4, 0.5) is 0 Å². The Morgan fingerprint density at radius 3 is 2.50 bits per heavy atom. The minimum absolute atomic E-state index is 0.235. The number of hydrogen-bond acceptors (Lipinski definition) is 2. The number of aromatic nitrogens is 2. The van der Waals surface area contributed by atoms with Gasteiger partial charge >= 0.3 is 0 Å². The zero-order valence-corrected chi connectivity index (χ0v) is 12.2. The van der Waals surface area contributed by atoms with Gasteiger partial charge in [0.15, 0.2) is 0 Å². The molecule has 0 unspecified atom stereocenters. The summed E-state index contributed by atoms with van der Waals surface area (Å²) in [6.45, 7) is 3.73. The molecule has 0 aliphatic heterocycles. The normalized spacial score (nSPS) is 10.7. The Bertz CT molecular complexity index is 634. The number of hydrogen-bond donors (Lipinski definition) is 1. The second kappa shape index (κ2) is 4.88. The van der Waals surface area contributed by atoms with Crippen molar-refractivity contribution in [3.05, 3.63) is 45.2 Å². The van der Waals surface area contributed by atoms with Gasteiger partial charge in [0, 0.05) is 0 Å². The first-order valence-electron chi connectivity index (χ1n) is 5.24. The predicted octanol–water partition coefficient (Wildman–Crippen LogP) is 3.43. The van der Waals surface area contributed by atoms with E-state index in [1.807, 2.05) is 26.0 Å². The van der Waals surface area contributed by atoms with Crippen molar-refractivity contribution >= 4 is 40.4 Å². The lowest BCUT2D eigenvalue weighted by atomic mass is 10.1. The van der Waals surface area contributed by atoms with Crippen LogP contribution in [0.15, 0.2) is 18.2 Å². The quantitative estimate of drug-likeness (QED) is 0.864. The number of nitrogens with zero attached hydrogens (tertiary/aromatic N) is 2. The van der Waals surface area contributed by atoms with E-state index < -0.39 is 0 Å². The molecule has 1 aromatic carbocycles. The number of rotatable bonds is 2. The molecule has 94 valence electrons. The van der Waals surface area contributed by atoms with E-state index in [-0.39, 0.29) is 4.99 Å². The van der Waals surface area contributed by atoms with Crippen LogP contribution in [0, 0.1) is 13.8 Å². The van der Waals surface area contributed by atoms with E-state index in [1.165, 1.54) is 0 Å². The molecule has 0 aliphatic carbocycles. The minimum atomic E-state index is 0.235. The summed E-state index contributed by atoms with van der Waals surface area (Å²) >= 11 is 17.3. The first-order chi connectivity index (χ1) is 8.43. The zero-order valence-electron chi connectivity index (χ0n) is 9.87. The van der Waals surface area contributed by atoms with E-state index >= 15 is 0 Å². The predicted molar refractivity (Wildman–Crippen MR) is 78.9 cm³/mol. The van der Waals surface area contributed by atoms with Crippen LogP contribution in [0.25, 0.3) is 5.69 Å². The molecule has 18 heavy (non-hydrogen) atoms. The van der Waals surface area contributed by atoms with Crippen molar-refractivity contribution in [3.63, 3.8) is 0 Å². The molecule has 1 heterocycles. The van der Waals surface area contributed by atoms with Gasteiger partial charge in [-0.3, -0.25) is 0 Å². The van der Waals surface area contributed by atoms with Gasteiger partial charge in [0.2, 0.25) is 0 Å². The Hall–Kier alpha value is -1.10. The molecular formula is C12H11Cl2N3S. The minimum Gasteiger partial charge on any atom is -0.389 e. The molecule has 0 spiro atoms. The summed E-state index contributed by atoms with van der Waals surface area (Å²) in [5.41, 5.74) is 8.65. The second-order valence-corrected chi connectivity index (χ2v) is 5.12. The number of benzene rings is 1. The Kier molecular flexibility index (Phi) is 3.61. The summed E-state index contributed by atoms with van der Waals surface area (Å²) in [5.74, 6) is 0. The van der Waals surface area contributed by atoms with Crippen molar-refractivity contribution in [2.24, 2.45) is 5.73 Å². The van der Waals surface area contributed by atoms with Gasteiger partial charge in [0.25, 0.3) is 0 Å². The monoisotopic (exact) mass is 299 g/mol. The highest BCUT2D eigenvalue weighted by molar-refractivity contribution is 7.80. The Morgan fingerprint density at radius 1 is 1.33 bits per heavy atom. The first kappa shape index (κ1) is 13.3. The van der Waals surface area contributed by atoms with Gasteiger partial charge in [-0.15, -0.1) is 0 Å². The largest absolute Gasteiger partial charge is 0.389 e. The summed E-state index contributed by atoms with van der Waals surface area (Å²) in [7, 11) is 0. The van der Waals surface area contributed by atoms with Gasteiger partial charge in [-0.05, 0) is 26.0 Å². The van der Waals surface area contributed by atoms with Crippen molar-refractivity contribution in [2.75, 3.05) is 0 Å². The molecule has 2 rings (SSSR count). The standard InChI is InChI=1S/C12H11Cl2N3S/c1-6-11(14)7(2)17(16-6)9-5-3-4-8(13)10(9)12(15)18/h3-5H,1-2H3,(H2,15,18). The number of nitrogens with two attached hydrogens (primary N) is 1. The van der Waals surface area contributed by atoms with Crippen LogP contribution in [0.5, 0.6) is 0 Å². The Labute approximate surface area is 120 Å². The van der Waals surface area contributed by atoms with E-state index in [4.69, 9.17) is 41.2 Å². The van der Waals surface area contributed by atoms with Crippen LogP contribution >= 0.6 is 35.4 Å². The molecule has 0 aliphatic rings. The number of halogens is 2. The van der Waals surface area contributed by atoms with E-state index in [0.717, 1.165) is 17.1 Å². The average molecular weight is 300 g/mol. The molecular weight excluding hydrogens is 289 g/mol. The van der Waals surface area contributed by atoms with Crippen molar-refractivity contribution in [1.29, 1.82) is 0 Å². The highest BCUT2D eigenvalue weighted by atomic mass is 35.5. The highest BCUT2D eigenvalue weighted by Gasteiger charge is 2.16. The number of thiocarbonyl (C=S) groups is 1. The first-order valence-corrected chi connectivity index (χ1v) is 6.40. The van der Waals surface area contributed by atoms with Gasteiger partial charge in [0.1, 0.15) is 4.99 Å². The van der Waals surface area contributed by atoms with Crippen molar-refractivity contribution in [3.8, 4) is 5.69 Å². The lowest BCUT2D eigenvalue weighted by Gasteiger charge is -2.11. The fraction of sp³-hybridized carbons (Fsp3) is 0.167. The summed E-state index contributed by atoms with van der Waals surface area (Å²) in [5, 5.41) is 5.51. The lowest BCUT2D eigenvalue weighted by Crippen LogP contribution is -2.15. The average Bonchev–Trinajstić information content (AvgIpc) is 2.56. The highest BCUT2D eigenvalue weighted by Crippen LogP contribution is 2.27. The van der Waals surface area contributed by atoms with E-state index in [0.29, 0.717) is 15.6 Å². The molecule has 2 aromatic rings. The van der Waals surface area contributed by atoms with E-state index in [2.05, 4.69) is 5.10 Å². The van der Waals surface area contributed by atoms with Gasteiger partial charge < -0.3 is 5.73 Å². The molecule has 0 amide bonds. The van der Waals surface area contributed by atoms with E-state index in [1.54, 1.807) is 10.7 Å². The topological polar surface area (TPSA) is 43.8 Å². The molecule has 0 fully saturated rings. The van der Waals surface area contributed by atoms with Gasteiger partial charge in [-0.25, -0.2) is 4.68 Å². The maximum absolute atomic E-state index is 6.14. The summed E-state index contributed by atoms with van der Waals surface area (Å²) in [6.07, 6.45) is 0. The Morgan fingerprint density at radius 2 is 2.00 bits per heavy atom. The summed E-state index contributed by atoms with van der Waals surface area (Å²) in [4.78, 5) is 0.235. The third kappa shape index (κ3) is 2.11. The zero-order chi connectivity index (χ0) is 13.4. The fourth-order valence-electron chi connectivity index (χ4n) is 1.79. The second-order valence-electron chi connectivity index (χ2n) is 3.89. The molecule has 0 saturated carbocycles. The van der Waals surface area contributed by atoms with Gasteiger partial charge in [0.05, 0.1) is 32.7 Å². The summed E-state index contributed by atoms with van der Waals surface area (Å²) < 4.78 is 1.71. The van der Waals surface area contributed by atoms with Crippen molar-refractivity contribution in [1.82, 2.24) is 9.78 Å². The van der Waals surface area contributed by atoms with Crippen LogP contribution in [-0.4, -0.2) is 14.8 Å². The molecule has 0 atom stereocenters.